The van der Waals surface area contributed by atoms with Crippen LogP contribution in [0.3, 0.4) is 0 Å². The third-order valence-corrected chi connectivity index (χ3v) is 5.68. The maximum Gasteiger partial charge on any atom is 0.243 e. The van der Waals surface area contributed by atoms with Crippen LogP contribution in [0, 0.1) is 6.92 Å². The maximum absolute atomic E-state index is 12.3. The summed E-state index contributed by atoms with van der Waals surface area (Å²) >= 11 is 6.40. The molecule has 0 unspecified atom stereocenters. The number of nitrogens with two attached hydrogens (primary N) is 1. The Kier molecular flexibility index (Phi) is 4.52. The summed E-state index contributed by atoms with van der Waals surface area (Å²) in [4.78, 5) is 0.0861. The standard InChI is InChI=1S/C11H11Br2N3O3S/c1-6-2-8(19-16-6)5-15-20(17,18)11-9(12)3-7(14)4-10(11)13/h2-4,15H,5,14H2,1H3. The highest BCUT2D eigenvalue weighted by Crippen LogP contribution is 2.32. The van der Waals surface area contributed by atoms with E-state index in [0.717, 1.165) is 0 Å². The fourth-order valence-corrected chi connectivity index (χ4v) is 5.18. The van der Waals surface area contributed by atoms with Gasteiger partial charge in [-0.3, -0.25) is 0 Å². The fourth-order valence-electron chi connectivity index (χ4n) is 1.57. The van der Waals surface area contributed by atoms with Gasteiger partial charge in [-0.25, -0.2) is 13.1 Å². The zero-order valence-corrected chi connectivity index (χ0v) is 14.3. The molecule has 2 aromatic rings. The summed E-state index contributed by atoms with van der Waals surface area (Å²) in [5.74, 6) is 0.439. The SMILES string of the molecule is Cc1cc(CNS(=O)(=O)c2c(Br)cc(N)cc2Br)on1. The quantitative estimate of drug-likeness (QED) is 0.735. The van der Waals surface area contributed by atoms with Gasteiger partial charge in [-0.05, 0) is 50.9 Å². The van der Waals surface area contributed by atoms with E-state index in [-0.39, 0.29) is 11.4 Å². The summed E-state index contributed by atoms with van der Waals surface area (Å²) in [7, 11) is -3.71. The summed E-state index contributed by atoms with van der Waals surface area (Å²) in [6, 6.07) is 4.71. The first-order valence-electron chi connectivity index (χ1n) is 5.46. The van der Waals surface area contributed by atoms with E-state index in [2.05, 4.69) is 41.7 Å². The molecule has 0 saturated carbocycles. The first kappa shape index (κ1) is 15.5. The number of rotatable bonds is 4. The minimum Gasteiger partial charge on any atom is -0.399 e. The maximum atomic E-state index is 12.3. The van der Waals surface area contributed by atoms with Crippen LogP contribution in [0.5, 0.6) is 0 Å². The first-order chi connectivity index (χ1) is 9.29. The molecule has 3 N–H and O–H groups in total. The van der Waals surface area contributed by atoms with E-state index in [0.29, 0.717) is 26.1 Å². The summed E-state index contributed by atoms with van der Waals surface area (Å²) in [5, 5.41) is 3.69. The molecular formula is C11H11Br2N3O3S. The van der Waals surface area contributed by atoms with E-state index in [9.17, 15) is 8.42 Å². The number of anilines is 1. The van der Waals surface area contributed by atoms with Crippen LogP contribution in [0.25, 0.3) is 0 Å². The van der Waals surface area contributed by atoms with Crippen molar-refractivity contribution in [3.05, 3.63) is 38.6 Å². The highest BCUT2D eigenvalue weighted by molar-refractivity contribution is 9.11. The number of aromatic nitrogens is 1. The van der Waals surface area contributed by atoms with Gasteiger partial charge in [0.1, 0.15) is 4.90 Å². The van der Waals surface area contributed by atoms with Gasteiger partial charge in [0.25, 0.3) is 0 Å². The second kappa shape index (κ2) is 5.84. The molecule has 0 bridgehead atoms. The molecule has 0 aliphatic rings. The molecule has 0 amide bonds. The molecular weight excluding hydrogens is 414 g/mol. The summed E-state index contributed by atoms with van der Waals surface area (Å²) in [5.41, 5.74) is 6.78. The van der Waals surface area contributed by atoms with E-state index >= 15 is 0 Å². The Morgan fingerprint density at radius 1 is 1.30 bits per heavy atom. The molecule has 2 rings (SSSR count). The van der Waals surface area contributed by atoms with Crippen molar-refractivity contribution in [1.29, 1.82) is 0 Å². The van der Waals surface area contributed by atoms with Crippen molar-refractivity contribution in [3.63, 3.8) is 0 Å². The Labute approximate surface area is 133 Å². The summed E-state index contributed by atoms with van der Waals surface area (Å²) in [6.45, 7) is 1.78. The normalized spacial score (nSPS) is 11.8. The van der Waals surface area contributed by atoms with E-state index in [1.165, 1.54) is 12.1 Å². The van der Waals surface area contributed by atoms with Crippen molar-refractivity contribution in [2.75, 3.05) is 5.73 Å². The predicted octanol–water partition coefficient (Wildman–Crippen LogP) is 2.57. The molecule has 0 fully saturated rings. The van der Waals surface area contributed by atoms with E-state index in [1.54, 1.807) is 13.0 Å². The van der Waals surface area contributed by atoms with Crippen molar-refractivity contribution in [2.24, 2.45) is 0 Å². The predicted molar refractivity (Wildman–Crippen MR) is 81.5 cm³/mol. The second-order valence-corrected chi connectivity index (χ2v) is 7.49. The molecule has 0 radical (unpaired) electrons. The van der Waals surface area contributed by atoms with E-state index < -0.39 is 10.0 Å². The van der Waals surface area contributed by atoms with Gasteiger partial charge in [0.2, 0.25) is 10.0 Å². The lowest BCUT2D eigenvalue weighted by Crippen LogP contribution is -2.24. The Hall–Kier alpha value is -0.900. The minimum atomic E-state index is -3.71. The number of sulfonamides is 1. The molecule has 6 nitrogen and oxygen atoms in total. The molecule has 9 heteroatoms. The van der Waals surface area contributed by atoms with Crippen molar-refractivity contribution in [3.8, 4) is 0 Å². The lowest BCUT2D eigenvalue weighted by molar-refractivity contribution is 0.377. The highest BCUT2D eigenvalue weighted by Gasteiger charge is 2.22. The molecule has 0 atom stereocenters. The average Bonchev–Trinajstić information content (AvgIpc) is 2.71. The van der Waals surface area contributed by atoms with Gasteiger partial charge in [-0.2, -0.15) is 0 Å². The molecule has 0 saturated heterocycles. The minimum absolute atomic E-state index is 0.0203. The van der Waals surface area contributed by atoms with Crippen LogP contribution in [0.2, 0.25) is 0 Å². The zero-order chi connectivity index (χ0) is 14.9. The van der Waals surface area contributed by atoms with Gasteiger partial charge in [0, 0.05) is 20.7 Å². The van der Waals surface area contributed by atoms with Gasteiger partial charge >= 0.3 is 0 Å². The average molecular weight is 425 g/mol. The topological polar surface area (TPSA) is 98.2 Å². The number of aryl methyl sites for hydroxylation is 1. The van der Waals surface area contributed by atoms with Gasteiger partial charge in [-0.1, -0.05) is 5.16 Å². The van der Waals surface area contributed by atoms with Crippen LogP contribution in [-0.4, -0.2) is 13.6 Å². The Balaban J connectivity index is 2.27. The molecule has 0 spiro atoms. The smallest absolute Gasteiger partial charge is 0.243 e. The molecule has 0 aliphatic heterocycles. The number of benzene rings is 1. The van der Waals surface area contributed by atoms with Crippen LogP contribution < -0.4 is 10.5 Å². The summed E-state index contributed by atoms with van der Waals surface area (Å²) < 4.78 is 32.7. The number of halogens is 2. The lowest BCUT2D eigenvalue weighted by atomic mass is 10.3. The molecule has 1 aromatic carbocycles. The number of hydrogen-bond acceptors (Lipinski definition) is 5. The lowest BCUT2D eigenvalue weighted by Gasteiger charge is -2.10. The number of nitrogens with zero attached hydrogens (tertiary/aromatic N) is 1. The van der Waals surface area contributed by atoms with Crippen molar-refractivity contribution < 1.29 is 12.9 Å². The van der Waals surface area contributed by atoms with Gasteiger partial charge in [0.15, 0.2) is 5.76 Å². The number of hydrogen-bond donors (Lipinski definition) is 2. The van der Waals surface area contributed by atoms with Gasteiger partial charge in [-0.15, -0.1) is 0 Å². The van der Waals surface area contributed by atoms with Crippen molar-refractivity contribution in [2.45, 2.75) is 18.4 Å². The van der Waals surface area contributed by atoms with Gasteiger partial charge in [0.05, 0.1) is 12.2 Å². The molecule has 20 heavy (non-hydrogen) atoms. The van der Waals surface area contributed by atoms with Crippen LogP contribution >= 0.6 is 31.9 Å². The molecule has 108 valence electrons. The monoisotopic (exact) mass is 423 g/mol. The molecule has 1 heterocycles. The van der Waals surface area contributed by atoms with Crippen LogP contribution in [0.15, 0.2) is 36.6 Å². The zero-order valence-electron chi connectivity index (χ0n) is 10.4. The Morgan fingerprint density at radius 2 is 1.90 bits per heavy atom. The van der Waals surface area contributed by atoms with Crippen LogP contribution in [0.1, 0.15) is 11.5 Å². The largest absolute Gasteiger partial charge is 0.399 e. The van der Waals surface area contributed by atoms with Crippen LogP contribution in [0.4, 0.5) is 5.69 Å². The Bertz CT molecular complexity index is 720. The molecule has 1 aromatic heterocycles. The van der Waals surface area contributed by atoms with Crippen molar-refractivity contribution in [1.82, 2.24) is 9.88 Å². The summed E-state index contributed by atoms with van der Waals surface area (Å²) in [6.07, 6.45) is 0. The third-order valence-electron chi connectivity index (χ3n) is 2.40. The Morgan fingerprint density at radius 3 is 2.40 bits per heavy atom. The van der Waals surface area contributed by atoms with Gasteiger partial charge < -0.3 is 10.3 Å². The van der Waals surface area contributed by atoms with E-state index in [1.807, 2.05) is 0 Å². The highest BCUT2D eigenvalue weighted by atomic mass is 79.9. The number of nitrogens with one attached hydrogen (secondary N) is 1. The second-order valence-electron chi connectivity index (χ2n) is 4.07. The fraction of sp³-hybridized carbons (Fsp3) is 0.182. The van der Waals surface area contributed by atoms with E-state index in [4.69, 9.17) is 10.3 Å². The number of nitrogen functional groups attached to an aromatic ring is 1. The van der Waals surface area contributed by atoms with Crippen molar-refractivity contribution >= 4 is 47.6 Å². The van der Waals surface area contributed by atoms with Crippen LogP contribution in [-0.2, 0) is 16.6 Å². The third kappa shape index (κ3) is 3.40. The molecule has 0 aliphatic carbocycles. The first-order valence-corrected chi connectivity index (χ1v) is 8.53.